The van der Waals surface area contributed by atoms with Gasteiger partial charge in [0, 0.05) is 18.8 Å². The Morgan fingerprint density at radius 2 is 1.71 bits per heavy atom. The van der Waals surface area contributed by atoms with Crippen LogP contribution in [0.25, 0.3) is 0 Å². The molecule has 0 N–H and O–H groups in total. The first-order chi connectivity index (χ1) is 11.2. The lowest BCUT2D eigenvalue weighted by molar-refractivity contribution is -0.164. The molecular weight excluding hydrogens is 296 g/mol. The molecule has 0 saturated heterocycles. The predicted molar refractivity (Wildman–Crippen MR) is 95.5 cm³/mol. The van der Waals surface area contributed by atoms with Crippen molar-refractivity contribution in [3.05, 3.63) is 0 Å². The molecule has 0 bridgehead atoms. The van der Waals surface area contributed by atoms with Crippen LogP contribution < -0.4 is 0 Å². The number of ketones is 2. The van der Waals surface area contributed by atoms with E-state index in [0.717, 1.165) is 43.4 Å². The van der Waals surface area contributed by atoms with E-state index in [9.17, 15) is 9.59 Å². The van der Waals surface area contributed by atoms with Crippen molar-refractivity contribution in [1.29, 1.82) is 0 Å². The lowest BCUT2D eigenvalue weighted by atomic mass is 9.40. The predicted octanol–water partition coefficient (Wildman–Crippen LogP) is 5.19. The van der Waals surface area contributed by atoms with Gasteiger partial charge in [0.1, 0.15) is 11.6 Å². The Hall–Kier alpha value is -0.660. The van der Waals surface area contributed by atoms with Crippen molar-refractivity contribution < 1.29 is 9.59 Å². The summed E-state index contributed by atoms with van der Waals surface area (Å²) in [6.45, 7) is 9.15. The summed E-state index contributed by atoms with van der Waals surface area (Å²) in [5.41, 5.74) is 0.802. The first-order valence-corrected chi connectivity index (χ1v) is 10.2. The number of rotatable bonds is 1. The Labute approximate surface area is 147 Å². The van der Waals surface area contributed by atoms with Gasteiger partial charge in [-0.1, -0.05) is 20.8 Å². The highest BCUT2D eigenvalue weighted by molar-refractivity contribution is 5.80. The van der Waals surface area contributed by atoms with Gasteiger partial charge in [-0.25, -0.2) is 0 Å². The number of hydrogen-bond acceptors (Lipinski definition) is 2. The van der Waals surface area contributed by atoms with Crippen LogP contribution in [-0.4, -0.2) is 11.6 Å². The van der Waals surface area contributed by atoms with E-state index in [4.69, 9.17) is 0 Å². The van der Waals surface area contributed by atoms with Crippen LogP contribution in [0.1, 0.15) is 85.5 Å². The smallest absolute Gasteiger partial charge is 0.133 e. The zero-order valence-corrected chi connectivity index (χ0v) is 16.0. The van der Waals surface area contributed by atoms with E-state index in [0.29, 0.717) is 22.9 Å². The SMILES string of the molecule is CC(=O)C1CCC2C3CCC4(C)CC(=O)CCC4(C)C3CCC12C. The molecule has 0 amide bonds. The molecule has 24 heavy (non-hydrogen) atoms. The Morgan fingerprint density at radius 3 is 2.42 bits per heavy atom. The van der Waals surface area contributed by atoms with Crippen LogP contribution in [-0.2, 0) is 9.59 Å². The monoisotopic (exact) mass is 330 g/mol. The molecule has 4 fully saturated rings. The maximum absolute atomic E-state index is 12.2. The summed E-state index contributed by atoms with van der Waals surface area (Å²) >= 11 is 0. The third kappa shape index (κ3) is 2.01. The van der Waals surface area contributed by atoms with E-state index in [2.05, 4.69) is 20.8 Å². The molecule has 134 valence electrons. The highest BCUT2D eigenvalue weighted by Crippen LogP contribution is 2.70. The topological polar surface area (TPSA) is 34.1 Å². The molecular formula is C22H34O2. The van der Waals surface area contributed by atoms with Crippen LogP contribution in [0.5, 0.6) is 0 Å². The molecule has 0 aliphatic heterocycles. The molecule has 2 nitrogen and oxygen atoms in total. The van der Waals surface area contributed by atoms with Crippen LogP contribution in [0.15, 0.2) is 0 Å². The van der Waals surface area contributed by atoms with Gasteiger partial charge >= 0.3 is 0 Å². The lowest BCUT2D eigenvalue weighted by Crippen LogP contribution is -2.57. The molecule has 0 aromatic carbocycles. The van der Waals surface area contributed by atoms with E-state index in [1.807, 2.05) is 6.92 Å². The molecule has 7 unspecified atom stereocenters. The van der Waals surface area contributed by atoms with Crippen LogP contribution in [0.2, 0.25) is 0 Å². The summed E-state index contributed by atoms with van der Waals surface area (Å²) in [6, 6.07) is 0. The van der Waals surface area contributed by atoms with Gasteiger partial charge in [0.25, 0.3) is 0 Å². The Bertz CT molecular complexity index is 581. The van der Waals surface area contributed by atoms with Gasteiger partial charge < -0.3 is 0 Å². The minimum Gasteiger partial charge on any atom is -0.300 e. The summed E-state index contributed by atoms with van der Waals surface area (Å²) in [4.78, 5) is 24.3. The fourth-order valence-electron chi connectivity index (χ4n) is 8.07. The summed E-state index contributed by atoms with van der Waals surface area (Å²) in [5.74, 6) is 3.52. The van der Waals surface area contributed by atoms with Crippen LogP contribution in [0.4, 0.5) is 0 Å². The van der Waals surface area contributed by atoms with Gasteiger partial charge in [0.2, 0.25) is 0 Å². The number of fused-ring (bicyclic) bond motifs is 5. The Balaban J connectivity index is 1.66. The molecule has 0 aromatic rings. The first-order valence-electron chi connectivity index (χ1n) is 10.2. The summed E-state index contributed by atoms with van der Waals surface area (Å²) in [5, 5.41) is 0. The minimum absolute atomic E-state index is 0.218. The molecule has 4 saturated carbocycles. The fourth-order valence-corrected chi connectivity index (χ4v) is 8.07. The summed E-state index contributed by atoms with van der Waals surface area (Å²) in [7, 11) is 0. The van der Waals surface area contributed by atoms with Gasteiger partial charge in [-0.05, 0) is 85.9 Å². The highest BCUT2D eigenvalue weighted by atomic mass is 16.1. The first kappa shape index (κ1) is 16.8. The van der Waals surface area contributed by atoms with Crippen molar-refractivity contribution in [2.45, 2.75) is 85.5 Å². The minimum atomic E-state index is 0.218. The second kappa shape index (κ2) is 5.17. The van der Waals surface area contributed by atoms with Crippen molar-refractivity contribution in [3.8, 4) is 0 Å². The number of Topliss-reactive ketones (excluding diaryl/α,β-unsaturated/α-hetero) is 2. The van der Waals surface area contributed by atoms with Crippen LogP contribution in [0.3, 0.4) is 0 Å². The molecule has 7 atom stereocenters. The van der Waals surface area contributed by atoms with E-state index >= 15 is 0 Å². The maximum Gasteiger partial charge on any atom is 0.133 e. The van der Waals surface area contributed by atoms with Gasteiger partial charge in [0.15, 0.2) is 0 Å². The van der Waals surface area contributed by atoms with E-state index in [-0.39, 0.29) is 10.8 Å². The molecule has 4 aliphatic rings. The normalized spacial score (nSPS) is 53.9. The van der Waals surface area contributed by atoms with Gasteiger partial charge in [-0.2, -0.15) is 0 Å². The Morgan fingerprint density at radius 1 is 0.958 bits per heavy atom. The molecule has 2 heteroatoms. The highest BCUT2D eigenvalue weighted by Gasteiger charge is 2.63. The zero-order valence-electron chi connectivity index (χ0n) is 16.0. The molecule has 4 aliphatic carbocycles. The number of carbonyl (C=O) groups is 2. The van der Waals surface area contributed by atoms with Crippen LogP contribution in [0, 0.1) is 39.9 Å². The summed E-state index contributed by atoms with van der Waals surface area (Å²) in [6.07, 6.45) is 10.1. The van der Waals surface area contributed by atoms with Crippen LogP contribution >= 0.6 is 0 Å². The molecule has 4 rings (SSSR count). The second-order valence-corrected chi connectivity index (χ2v) is 10.4. The van der Waals surface area contributed by atoms with E-state index < -0.39 is 0 Å². The third-order valence-corrected chi connectivity index (χ3v) is 9.66. The Kier molecular flexibility index (Phi) is 3.62. The third-order valence-electron chi connectivity index (χ3n) is 9.66. The average Bonchev–Trinajstić information content (AvgIpc) is 2.86. The molecule has 0 heterocycles. The average molecular weight is 331 g/mol. The van der Waals surface area contributed by atoms with Gasteiger partial charge in [0.05, 0.1) is 0 Å². The van der Waals surface area contributed by atoms with Crippen molar-refractivity contribution in [3.63, 3.8) is 0 Å². The summed E-state index contributed by atoms with van der Waals surface area (Å²) < 4.78 is 0. The number of carbonyl (C=O) groups excluding carboxylic acids is 2. The van der Waals surface area contributed by atoms with Crippen molar-refractivity contribution >= 4 is 11.6 Å². The van der Waals surface area contributed by atoms with Gasteiger partial charge in [-0.3, -0.25) is 9.59 Å². The molecule has 0 spiro atoms. The molecule has 0 aromatic heterocycles. The standard InChI is InChI=1S/C22H34O2/c1-14(23)17-5-6-18-16-8-10-20(2)13-15(24)7-12-22(20,4)19(16)9-11-21(17,18)3/h16-19H,5-13H2,1-4H3. The van der Waals surface area contributed by atoms with Crippen molar-refractivity contribution in [2.24, 2.45) is 39.9 Å². The zero-order chi connectivity index (χ0) is 17.3. The van der Waals surface area contributed by atoms with Crippen molar-refractivity contribution in [1.82, 2.24) is 0 Å². The van der Waals surface area contributed by atoms with E-state index in [1.54, 1.807) is 0 Å². The van der Waals surface area contributed by atoms with Gasteiger partial charge in [-0.15, -0.1) is 0 Å². The van der Waals surface area contributed by atoms with Crippen molar-refractivity contribution in [2.75, 3.05) is 0 Å². The van der Waals surface area contributed by atoms with E-state index in [1.165, 1.54) is 32.1 Å². The second-order valence-electron chi connectivity index (χ2n) is 10.4. The largest absolute Gasteiger partial charge is 0.300 e. The lowest BCUT2D eigenvalue weighted by Gasteiger charge is -2.64. The number of hydrogen-bond donors (Lipinski definition) is 0. The maximum atomic E-state index is 12.2. The molecule has 0 radical (unpaired) electrons. The quantitative estimate of drug-likeness (QED) is 0.662. The fraction of sp³-hybridized carbons (Fsp3) is 0.909.